The number of benzene rings is 1. The van der Waals surface area contributed by atoms with E-state index in [-0.39, 0.29) is 16.8 Å². The predicted molar refractivity (Wildman–Crippen MR) is 107 cm³/mol. The first-order valence-electron chi connectivity index (χ1n) is 10.4. The molecule has 2 unspecified atom stereocenters. The van der Waals surface area contributed by atoms with Gasteiger partial charge in [-0.25, -0.2) is 0 Å². The fraction of sp³-hybridized carbons (Fsp3) is 0.636. The molecular weight excluding hydrogens is 394 g/mol. The number of halogens is 1. The third-order valence-corrected chi connectivity index (χ3v) is 7.33. The van der Waals surface area contributed by atoms with Gasteiger partial charge >= 0.3 is 5.97 Å². The molecule has 1 aromatic carbocycles. The van der Waals surface area contributed by atoms with Crippen molar-refractivity contribution in [2.75, 3.05) is 18.5 Å². The van der Waals surface area contributed by atoms with Crippen LogP contribution in [0.3, 0.4) is 0 Å². The molecule has 4 saturated carbocycles. The van der Waals surface area contributed by atoms with Crippen molar-refractivity contribution in [1.29, 1.82) is 0 Å². The van der Waals surface area contributed by atoms with Crippen LogP contribution < -0.4 is 14.8 Å². The minimum absolute atomic E-state index is 0.263. The monoisotopic (exact) mass is 419 g/mol. The van der Waals surface area contributed by atoms with Crippen molar-refractivity contribution >= 4 is 29.2 Å². The Bertz CT molecular complexity index is 842. The summed E-state index contributed by atoms with van der Waals surface area (Å²) in [6.07, 6.45) is 4.64. The third kappa shape index (κ3) is 3.45. The maximum absolute atomic E-state index is 13.1. The summed E-state index contributed by atoms with van der Waals surface area (Å²) in [6.45, 7) is 2.60. The van der Waals surface area contributed by atoms with E-state index in [2.05, 4.69) is 5.32 Å². The van der Waals surface area contributed by atoms with Crippen molar-refractivity contribution < 1.29 is 23.8 Å². The Balaban J connectivity index is 1.24. The summed E-state index contributed by atoms with van der Waals surface area (Å²) in [4.78, 5) is 25.5. The molecule has 6 nitrogen and oxygen atoms in total. The van der Waals surface area contributed by atoms with Crippen LogP contribution >= 0.6 is 11.6 Å². The highest BCUT2D eigenvalue weighted by molar-refractivity contribution is 6.24. The van der Waals surface area contributed by atoms with Gasteiger partial charge in [0.25, 0.3) is 5.91 Å². The van der Waals surface area contributed by atoms with Crippen molar-refractivity contribution in [2.45, 2.75) is 56.4 Å². The van der Waals surface area contributed by atoms with Gasteiger partial charge in [-0.05, 0) is 69.4 Å². The van der Waals surface area contributed by atoms with Crippen LogP contribution in [0.1, 0.15) is 45.4 Å². The zero-order valence-electron chi connectivity index (χ0n) is 16.5. The van der Waals surface area contributed by atoms with Gasteiger partial charge in [0.2, 0.25) is 0 Å². The lowest BCUT2D eigenvalue weighted by Gasteiger charge is -2.58. The third-order valence-electron chi connectivity index (χ3n) is 6.89. The summed E-state index contributed by atoms with van der Waals surface area (Å²) in [5.74, 6) is 1.64. The van der Waals surface area contributed by atoms with Crippen LogP contribution in [-0.4, -0.2) is 36.1 Å². The average Bonchev–Trinajstić information content (AvgIpc) is 2.66. The number of alkyl halides is 1. The normalized spacial score (nSPS) is 35.1. The maximum Gasteiger partial charge on any atom is 0.312 e. The molecule has 5 atom stereocenters. The zero-order valence-corrected chi connectivity index (χ0v) is 17.3. The molecule has 1 N–H and O–H groups in total. The first-order chi connectivity index (χ1) is 13.8. The lowest BCUT2D eigenvalue weighted by Crippen LogP contribution is -2.57. The van der Waals surface area contributed by atoms with E-state index >= 15 is 0 Å². The number of esters is 1. The van der Waals surface area contributed by atoms with Crippen LogP contribution in [-0.2, 0) is 14.3 Å². The van der Waals surface area contributed by atoms with Gasteiger partial charge < -0.3 is 19.5 Å². The van der Waals surface area contributed by atoms with Gasteiger partial charge in [-0.15, -0.1) is 11.6 Å². The number of carbonyl (C=O) groups is 2. The zero-order chi connectivity index (χ0) is 20.2. The minimum atomic E-state index is -0.880. The van der Waals surface area contributed by atoms with Gasteiger partial charge in [-0.2, -0.15) is 0 Å². The molecule has 0 radical (unpaired) electrons. The van der Waals surface area contributed by atoms with Gasteiger partial charge in [0.15, 0.2) is 17.6 Å². The van der Waals surface area contributed by atoms with Gasteiger partial charge in [-0.1, -0.05) is 0 Å². The van der Waals surface area contributed by atoms with Crippen LogP contribution in [0.2, 0.25) is 0 Å². The highest BCUT2D eigenvalue weighted by Crippen LogP contribution is 2.64. The summed E-state index contributed by atoms with van der Waals surface area (Å²) in [7, 11) is 0. The number of fused-ring (bicyclic) bond motifs is 1. The molecule has 156 valence electrons. The fourth-order valence-electron chi connectivity index (χ4n) is 6.09. The molecule has 29 heavy (non-hydrogen) atoms. The van der Waals surface area contributed by atoms with E-state index in [0.29, 0.717) is 48.7 Å². The molecule has 4 aliphatic carbocycles. The molecule has 4 fully saturated rings. The van der Waals surface area contributed by atoms with Crippen molar-refractivity contribution in [3.05, 3.63) is 18.2 Å². The minimum Gasteiger partial charge on any atom is -0.486 e. The molecular formula is C22H26ClNO5. The molecule has 1 heterocycles. The molecule has 6 rings (SSSR count). The second-order valence-corrected chi connectivity index (χ2v) is 10.1. The Labute approximate surface area is 175 Å². The topological polar surface area (TPSA) is 73.9 Å². The molecule has 1 aliphatic heterocycles. The molecule has 5 aliphatic rings. The Kier molecular flexibility index (Phi) is 4.46. The number of rotatable bonds is 4. The van der Waals surface area contributed by atoms with Gasteiger partial charge in [-0.3, -0.25) is 9.59 Å². The highest BCUT2D eigenvalue weighted by Gasteiger charge is 2.61. The van der Waals surface area contributed by atoms with E-state index in [0.717, 1.165) is 25.7 Å². The summed E-state index contributed by atoms with van der Waals surface area (Å²) in [6, 6.07) is 5.23. The Morgan fingerprint density at radius 2 is 1.83 bits per heavy atom. The van der Waals surface area contributed by atoms with Crippen LogP contribution in [0.25, 0.3) is 0 Å². The number of hydrogen-bond acceptors (Lipinski definition) is 5. The fourth-order valence-corrected chi connectivity index (χ4v) is 6.79. The lowest BCUT2D eigenvalue weighted by molar-refractivity contribution is -0.176. The van der Waals surface area contributed by atoms with E-state index < -0.39 is 11.5 Å². The summed E-state index contributed by atoms with van der Waals surface area (Å²) in [5, 5.41) is 2.80. The SMILES string of the molecule is C[C@@H](OC(=O)C12C[C@@H]3C[C@@H](CC(Cl)(C3)C1)C2)C(=O)Nc1ccc2c(c1)OCCO2. The van der Waals surface area contributed by atoms with E-state index in [1.165, 1.54) is 6.42 Å². The van der Waals surface area contributed by atoms with Gasteiger partial charge in [0.05, 0.1) is 5.41 Å². The van der Waals surface area contributed by atoms with E-state index in [1.54, 1.807) is 25.1 Å². The Morgan fingerprint density at radius 1 is 1.14 bits per heavy atom. The molecule has 0 spiro atoms. The maximum atomic E-state index is 13.1. The van der Waals surface area contributed by atoms with Crippen molar-refractivity contribution in [2.24, 2.45) is 17.3 Å². The van der Waals surface area contributed by atoms with Crippen LogP contribution in [0, 0.1) is 17.3 Å². The number of hydrogen-bond donors (Lipinski definition) is 1. The van der Waals surface area contributed by atoms with Crippen LogP contribution in [0.15, 0.2) is 18.2 Å². The summed E-state index contributed by atoms with van der Waals surface area (Å²) in [5.41, 5.74) is 0.0637. The highest BCUT2D eigenvalue weighted by atomic mass is 35.5. The summed E-state index contributed by atoms with van der Waals surface area (Å²) >= 11 is 6.82. The number of nitrogens with one attached hydrogen (secondary N) is 1. The Hall–Kier alpha value is -1.95. The first-order valence-corrected chi connectivity index (χ1v) is 10.8. The molecule has 4 bridgehead atoms. The number of carbonyl (C=O) groups excluding carboxylic acids is 2. The van der Waals surface area contributed by atoms with Crippen molar-refractivity contribution in [3.8, 4) is 11.5 Å². The molecule has 1 aromatic rings. The molecule has 0 aromatic heterocycles. The van der Waals surface area contributed by atoms with E-state index in [1.807, 2.05) is 0 Å². The first kappa shape index (κ1) is 19.0. The summed E-state index contributed by atoms with van der Waals surface area (Å²) < 4.78 is 16.7. The smallest absolute Gasteiger partial charge is 0.312 e. The predicted octanol–water partition coefficient (Wildman–Crippen LogP) is 3.91. The molecule has 0 saturated heterocycles. The largest absolute Gasteiger partial charge is 0.486 e. The molecule has 1 amide bonds. The average molecular weight is 420 g/mol. The van der Waals surface area contributed by atoms with Crippen LogP contribution in [0.4, 0.5) is 5.69 Å². The standard InChI is InChI=1S/C22H26ClNO5/c1-13(19(25)24-16-2-3-17-18(7-16)28-5-4-27-17)29-20(26)21-8-14-6-15(9-21)11-22(23,10-14)12-21/h2-3,7,13-15H,4-6,8-12H2,1H3,(H,24,25)/t13-,14-,15+,21?,22?/m1/s1. The lowest BCUT2D eigenvalue weighted by atomic mass is 9.49. The molecule has 7 heteroatoms. The van der Waals surface area contributed by atoms with Gasteiger partial charge in [0, 0.05) is 16.6 Å². The number of ether oxygens (including phenoxy) is 3. The van der Waals surface area contributed by atoms with Crippen LogP contribution in [0.5, 0.6) is 11.5 Å². The van der Waals surface area contributed by atoms with Crippen molar-refractivity contribution in [3.63, 3.8) is 0 Å². The Morgan fingerprint density at radius 3 is 2.52 bits per heavy atom. The van der Waals surface area contributed by atoms with E-state index in [9.17, 15) is 9.59 Å². The van der Waals surface area contributed by atoms with E-state index in [4.69, 9.17) is 25.8 Å². The van der Waals surface area contributed by atoms with Gasteiger partial charge in [0.1, 0.15) is 13.2 Å². The number of amides is 1. The number of anilines is 1. The second-order valence-electron chi connectivity index (χ2n) is 9.29. The van der Waals surface area contributed by atoms with Crippen molar-refractivity contribution in [1.82, 2.24) is 0 Å². The second kappa shape index (κ2) is 6.79. The quantitative estimate of drug-likeness (QED) is 0.591.